The van der Waals surface area contributed by atoms with Crippen LogP contribution in [-0.4, -0.2) is 30.5 Å². The zero-order chi connectivity index (χ0) is 18.1. The molecule has 4 aromatic rings. The molecule has 0 saturated heterocycles. The summed E-state index contributed by atoms with van der Waals surface area (Å²) >= 11 is 0. The number of fused-ring (bicyclic) bond motifs is 2. The van der Waals surface area contributed by atoms with E-state index in [2.05, 4.69) is 86.6 Å². The van der Waals surface area contributed by atoms with Crippen molar-refractivity contribution in [3.05, 3.63) is 78.0 Å². The highest BCUT2D eigenvalue weighted by Gasteiger charge is 2.11. The summed E-state index contributed by atoms with van der Waals surface area (Å²) in [4.78, 5) is 7.01. The maximum absolute atomic E-state index is 4.78. The summed E-state index contributed by atoms with van der Waals surface area (Å²) in [5, 5.41) is 5.11. The first-order valence-corrected chi connectivity index (χ1v) is 9.15. The second-order valence-corrected chi connectivity index (χ2v) is 7.20. The number of aromatic nitrogens is 1. The highest BCUT2D eigenvalue weighted by molar-refractivity contribution is 6.05. The molecule has 0 N–H and O–H groups in total. The molecule has 3 aromatic carbocycles. The Labute approximate surface area is 155 Å². The molecule has 0 aliphatic rings. The van der Waals surface area contributed by atoms with E-state index < -0.39 is 0 Å². The summed E-state index contributed by atoms with van der Waals surface area (Å²) in [7, 11) is 4.24. The zero-order valence-electron chi connectivity index (χ0n) is 15.7. The summed E-state index contributed by atoms with van der Waals surface area (Å²) in [6.07, 6.45) is 2.99. The fourth-order valence-electron chi connectivity index (χ4n) is 3.72. The first-order chi connectivity index (χ1) is 12.6. The van der Waals surface area contributed by atoms with Gasteiger partial charge in [-0.1, -0.05) is 54.6 Å². The van der Waals surface area contributed by atoms with E-state index in [1.54, 1.807) is 0 Å². The molecule has 0 aliphatic heterocycles. The minimum absolute atomic E-state index is 1.04. The van der Waals surface area contributed by atoms with Crippen LogP contribution >= 0.6 is 0 Å². The third kappa shape index (κ3) is 2.97. The number of rotatable bonds is 4. The monoisotopic (exact) mass is 340 g/mol. The Morgan fingerprint density at radius 2 is 1.50 bits per heavy atom. The molecule has 2 heteroatoms. The van der Waals surface area contributed by atoms with E-state index in [1.807, 2.05) is 6.20 Å². The molecule has 0 bridgehead atoms. The highest BCUT2D eigenvalue weighted by atomic mass is 15.0. The van der Waals surface area contributed by atoms with Gasteiger partial charge in [-0.05, 0) is 60.8 Å². The fraction of sp³-hybridized carbons (Fsp3) is 0.208. The van der Waals surface area contributed by atoms with E-state index >= 15 is 0 Å². The Kier molecular flexibility index (Phi) is 4.44. The van der Waals surface area contributed by atoms with Crippen molar-refractivity contribution < 1.29 is 0 Å². The predicted octanol–water partition coefficient (Wildman–Crippen LogP) is 5.47. The summed E-state index contributed by atoms with van der Waals surface area (Å²) in [6, 6.07) is 21.8. The lowest BCUT2D eigenvalue weighted by atomic mass is 9.94. The molecule has 4 rings (SSSR count). The van der Waals surface area contributed by atoms with Crippen molar-refractivity contribution in [2.24, 2.45) is 0 Å². The van der Waals surface area contributed by atoms with E-state index in [-0.39, 0.29) is 0 Å². The predicted molar refractivity (Wildman–Crippen MR) is 112 cm³/mol. The van der Waals surface area contributed by atoms with E-state index in [9.17, 15) is 0 Å². The molecular formula is C24H24N2. The smallest absolute Gasteiger partial charge is 0.0786 e. The van der Waals surface area contributed by atoms with Crippen molar-refractivity contribution in [1.29, 1.82) is 0 Å². The molecule has 0 unspecified atom stereocenters. The summed E-state index contributed by atoms with van der Waals surface area (Å²) in [5.74, 6) is 0. The van der Waals surface area contributed by atoms with Gasteiger partial charge in [0.1, 0.15) is 0 Å². The second kappa shape index (κ2) is 6.89. The lowest BCUT2D eigenvalue weighted by Gasteiger charge is -2.14. The van der Waals surface area contributed by atoms with Gasteiger partial charge in [0.05, 0.1) is 5.69 Å². The van der Waals surface area contributed by atoms with Crippen LogP contribution in [0.5, 0.6) is 0 Å². The topological polar surface area (TPSA) is 16.1 Å². The first kappa shape index (κ1) is 16.7. The van der Waals surface area contributed by atoms with Crippen LogP contribution in [0.25, 0.3) is 32.8 Å². The molecule has 26 heavy (non-hydrogen) atoms. The van der Waals surface area contributed by atoms with Crippen LogP contribution in [-0.2, 0) is 6.42 Å². The molecule has 0 aliphatic carbocycles. The molecule has 0 amide bonds. The number of pyridine rings is 1. The van der Waals surface area contributed by atoms with Gasteiger partial charge in [-0.15, -0.1) is 0 Å². The van der Waals surface area contributed by atoms with Crippen molar-refractivity contribution in [1.82, 2.24) is 9.88 Å². The molecule has 0 saturated carbocycles. The Hall–Kier alpha value is -2.71. The molecule has 1 aromatic heterocycles. The van der Waals surface area contributed by atoms with Gasteiger partial charge in [-0.2, -0.15) is 0 Å². The minimum atomic E-state index is 1.04. The number of hydrogen-bond donors (Lipinski definition) is 0. The quantitative estimate of drug-likeness (QED) is 0.490. The second-order valence-electron chi connectivity index (χ2n) is 7.20. The number of hydrogen-bond acceptors (Lipinski definition) is 2. The summed E-state index contributed by atoms with van der Waals surface area (Å²) in [5.41, 5.74) is 4.97. The number of benzene rings is 3. The molecular weight excluding hydrogens is 316 g/mol. The zero-order valence-corrected chi connectivity index (χ0v) is 15.7. The average molecular weight is 340 g/mol. The molecule has 0 radical (unpaired) electrons. The summed E-state index contributed by atoms with van der Waals surface area (Å²) in [6.45, 7) is 3.21. The minimum Gasteiger partial charge on any atom is -0.309 e. The third-order valence-electron chi connectivity index (χ3n) is 5.12. The molecule has 0 spiro atoms. The normalized spacial score (nSPS) is 11.5. The summed E-state index contributed by atoms with van der Waals surface area (Å²) < 4.78 is 0. The van der Waals surface area contributed by atoms with Crippen LogP contribution < -0.4 is 0 Å². The molecule has 1 heterocycles. The fourth-order valence-corrected chi connectivity index (χ4v) is 3.72. The van der Waals surface area contributed by atoms with E-state index in [0.29, 0.717) is 0 Å². The molecule has 130 valence electrons. The lowest BCUT2D eigenvalue weighted by Crippen LogP contribution is -2.15. The van der Waals surface area contributed by atoms with Gasteiger partial charge in [-0.25, -0.2) is 0 Å². The van der Waals surface area contributed by atoms with Crippen LogP contribution in [0.2, 0.25) is 0 Å². The highest BCUT2D eigenvalue weighted by Crippen LogP contribution is 2.34. The van der Waals surface area contributed by atoms with Crippen LogP contribution in [0.4, 0.5) is 0 Å². The SMILES string of the molecule is Cc1cccc2c(-c3nccc4c(CCN(C)C)cccc34)cccc12. The van der Waals surface area contributed by atoms with Gasteiger partial charge in [-0.3, -0.25) is 4.98 Å². The van der Waals surface area contributed by atoms with Crippen molar-refractivity contribution in [3.63, 3.8) is 0 Å². The van der Waals surface area contributed by atoms with Crippen molar-refractivity contribution in [3.8, 4) is 11.3 Å². The Bertz CT molecular complexity index is 1080. The van der Waals surface area contributed by atoms with Gasteiger partial charge in [0.15, 0.2) is 0 Å². The van der Waals surface area contributed by atoms with Gasteiger partial charge in [0, 0.05) is 23.7 Å². The van der Waals surface area contributed by atoms with Crippen molar-refractivity contribution >= 4 is 21.5 Å². The number of aryl methyl sites for hydroxylation is 1. The van der Waals surface area contributed by atoms with Crippen LogP contribution in [0.3, 0.4) is 0 Å². The van der Waals surface area contributed by atoms with E-state index in [1.165, 1.54) is 38.2 Å². The molecule has 0 fully saturated rings. The first-order valence-electron chi connectivity index (χ1n) is 9.15. The Morgan fingerprint density at radius 3 is 2.35 bits per heavy atom. The van der Waals surface area contributed by atoms with Gasteiger partial charge < -0.3 is 4.90 Å². The largest absolute Gasteiger partial charge is 0.309 e. The van der Waals surface area contributed by atoms with E-state index in [4.69, 9.17) is 4.98 Å². The van der Waals surface area contributed by atoms with Gasteiger partial charge >= 0.3 is 0 Å². The maximum Gasteiger partial charge on any atom is 0.0786 e. The van der Waals surface area contributed by atoms with Crippen LogP contribution in [0.1, 0.15) is 11.1 Å². The molecule has 2 nitrogen and oxygen atoms in total. The van der Waals surface area contributed by atoms with E-state index in [0.717, 1.165) is 18.7 Å². The lowest BCUT2D eigenvalue weighted by molar-refractivity contribution is 0.414. The van der Waals surface area contributed by atoms with Crippen LogP contribution in [0, 0.1) is 6.92 Å². The van der Waals surface area contributed by atoms with Crippen molar-refractivity contribution in [2.45, 2.75) is 13.3 Å². The third-order valence-corrected chi connectivity index (χ3v) is 5.12. The number of nitrogens with zero attached hydrogens (tertiary/aromatic N) is 2. The Morgan fingerprint density at radius 1 is 0.769 bits per heavy atom. The Balaban J connectivity index is 1.94. The average Bonchev–Trinajstić information content (AvgIpc) is 2.66. The van der Waals surface area contributed by atoms with Crippen LogP contribution in [0.15, 0.2) is 66.9 Å². The standard InChI is InChI=1S/C24H24N2/c1-17-7-4-10-21-19(17)9-6-12-23(21)24-22-11-5-8-18(14-16-26(2)3)20(22)13-15-25-24/h4-13,15H,14,16H2,1-3H3. The number of likely N-dealkylation sites (N-methyl/N-ethyl adjacent to an activating group) is 1. The van der Waals surface area contributed by atoms with Crippen molar-refractivity contribution in [2.75, 3.05) is 20.6 Å². The maximum atomic E-state index is 4.78. The van der Waals surface area contributed by atoms with Gasteiger partial charge in [0.2, 0.25) is 0 Å². The van der Waals surface area contributed by atoms with Gasteiger partial charge in [0.25, 0.3) is 0 Å². The molecule has 0 atom stereocenters.